The third-order valence-corrected chi connectivity index (χ3v) is 5.42. The molecule has 0 aliphatic rings. The molecular formula is C9H3Cl5S2. The second-order valence-electron chi connectivity index (χ2n) is 2.92. The van der Waals surface area contributed by atoms with Crippen molar-refractivity contribution >= 4 is 80.7 Å². The van der Waals surface area contributed by atoms with Crippen LogP contribution in [0.15, 0.2) is 12.1 Å². The molecule has 16 heavy (non-hydrogen) atoms. The first-order valence-electron chi connectivity index (χ1n) is 4.02. The molecule has 0 aromatic carbocycles. The summed E-state index contributed by atoms with van der Waals surface area (Å²) in [5.41, 5.74) is 1.52. The quantitative estimate of drug-likeness (QED) is 0.524. The van der Waals surface area contributed by atoms with Gasteiger partial charge in [-0.1, -0.05) is 46.4 Å². The van der Waals surface area contributed by atoms with Crippen LogP contribution >= 0.6 is 80.7 Å². The lowest BCUT2D eigenvalue weighted by Gasteiger charge is -2.06. The van der Waals surface area contributed by atoms with E-state index in [1.165, 1.54) is 22.7 Å². The van der Waals surface area contributed by atoms with E-state index in [-0.39, 0.29) is 0 Å². The van der Waals surface area contributed by atoms with Crippen molar-refractivity contribution in [2.24, 2.45) is 0 Å². The van der Waals surface area contributed by atoms with E-state index in [4.69, 9.17) is 58.0 Å². The van der Waals surface area contributed by atoms with Crippen LogP contribution in [0.4, 0.5) is 0 Å². The molecule has 0 bridgehead atoms. The van der Waals surface area contributed by atoms with Crippen molar-refractivity contribution in [2.75, 3.05) is 0 Å². The Kier molecular flexibility index (Phi) is 4.34. The summed E-state index contributed by atoms with van der Waals surface area (Å²) in [6.07, 6.45) is 0. The van der Waals surface area contributed by atoms with Crippen LogP contribution < -0.4 is 0 Å². The second-order valence-corrected chi connectivity index (χ2v) is 7.93. The monoisotopic (exact) mass is 350 g/mol. The van der Waals surface area contributed by atoms with Crippen molar-refractivity contribution in [1.29, 1.82) is 0 Å². The van der Waals surface area contributed by atoms with Crippen molar-refractivity contribution in [2.45, 2.75) is 5.38 Å². The molecule has 0 saturated carbocycles. The lowest BCUT2D eigenvalue weighted by atomic mass is 10.1. The first-order chi connectivity index (χ1) is 7.49. The molecule has 0 unspecified atom stereocenters. The van der Waals surface area contributed by atoms with E-state index in [1.54, 1.807) is 12.1 Å². The number of thiophene rings is 2. The SMILES string of the molecule is Clc1cc(C(Cl)c2cc(Cl)sc2Cl)c(Cl)s1. The number of alkyl halides is 1. The second kappa shape index (κ2) is 5.23. The van der Waals surface area contributed by atoms with Crippen LogP contribution in [0.2, 0.25) is 17.3 Å². The molecule has 0 atom stereocenters. The van der Waals surface area contributed by atoms with Crippen molar-refractivity contribution in [3.8, 4) is 0 Å². The van der Waals surface area contributed by atoms with E-state index in [0.29, 0.717) is 17.3 Å². The van der Waals surface area contributed by atoms with Crippen LogP contribution in [-0.4, -0.2) is 0 Å². The Morgan fingerprint density at radius 3 is 1.44 bits per heavy atom. The molecule has 0 nitrogen and oxygen atoms in total. The molecule has 0 spiro atoms. The van der Waals surface area contributed by atoms with Gasteiger partial charge in [0.2, 0.25) is 0 Å². The normalized spacial score (nSPS) is 11.4. The highest BCUT2D eigenvalue weighted by molar-refractivity contribution is 7.20. The lowest BCUT2D eigenvalue weighted by molar-refractivity contribution is 1.17. The van der Waals surface area contributed by atoms with Gasteiger partial charge in [-0.2, -0.15) is 0 Å². The molecule has 2 heterocycles. The number of rotatable bonds is 2. The Balaban J connectivity index is 2.42. The number of hydrogen-bond donors (Lipinski definition) is 0. The highest BCUT2D eigenvalue weighted by atomic mass is 35.5. The van der Waals surface area contributed by atoms with E-state index >= 15 is 0 Å². The summed E-state index contributed by atoms with van der Waals surface area (Å²) in [5, 5.41) is -0.424. The van der Waals surface area contributed by atoms with Crippen molar-refractivity contribution in [3.63, 3.8) is 0 Å². The van der Waals surface area contributed by atoms with Gasteiger partial charge >= 0.3 is 0 Å². The van der Waals surface area contributed by atoms with E-state index in [0.717, 1.165) is 11.1 Å². The molecule has 0 radical (unpaired) electrons. The molecule has 0 saturated heterocycles. The van der Waals surface area contributed by atoms with Crippen LogP contribution in [0.1, 0.15) is 16.5 Å². The summed E-state index contributed by atoms with van der Waals surface area (Å²) in [7, 11) is 0. The third-order valence-electron chi connectivity index (χ3n) is 1.91. The first kappa shape index (κ1) is 13.3. The summed E-state index contributed by atoms with van der Waals surface area (Å²) >= 11 is 32.6. The van der Waals surface area contributed by atoms with E-state index in [1.807, 2.05) is 0 Å². The molecule has 2 aromatic rings. The minimum atomic E-state index is -0.424. The third kappa shape index (κ3) is 2.64. The molecule has 86 valence electrons. The standard InChI is InChI=1S/C9H3Cl5S2/c10-5-1-3(8(13)15-5)7(12)4-2-6(11)16-9(4)14/h1-2,7H. The van der Waals surface area contributed by atoms with Gasteiger partial charge in [-0.25, -0.2) is 0 Å². The largest absolute Gasteiger partial charge is 0.112 e. The zero-order valence-corrected chi connectivity index (χ0v) is 12.9. The highest BCUT2D eigenvalue weighted by Gasteiger charge is 2.21. The average Bonchev–Trinajstić information content (AvgIpc) is 2.68. The molecule has 0 amide bonds. The summed E-state index contributed by atoms with van der Waals surface area (Å²) in [6.45, 7) is 0. The zero-order chi connectivity index (χ0) is 11.9. The van der Waals surface area contributed by atoms with Gasteiger partial charge in [0.25, 0.3) is 0 Å². The average molecular weight is 353 g/mol. The molecule has 0 aliphatic heterocycles. The van der Waals surface area contributed by atoms with Gasteiger partial charge in [0.05, 0.1) is 22.7 Å². The van der Waals surface area contributed by atoms with Gasteiger partial charge in [0, 0.05) is 11.1 Å². The van der Waals surface area contributed by atoms with Gasteiger partial charge in [0.15, 0.2) is 0 Å². The lowest BCUT2D eigenvalue weighted by Crippen LogP contribution is -1.89. The zero-order valence-electron chi connectivity index (χ0n) is 7.44. The van der Waals surface area contributed by atoms with Gasteiger partial charge in [-0.05, 0) is 12.1 Å². The predicted octanol–water partition coefficient (Wildman–Crippen LogP) is 6.75. The Morgan fingerprint density at radius 2 is 1.19 bits per heavy atom. The molecule has 2 rings (SSSR count). The molecule has 0 fully saturated rings. The molecule has 7 heteroatoms. The Bertz CT molecular complexity index is 470. The Hall–Kier alpha value is 0.850. The molecule has 0 aliphatic carbocycles. The fraction of sp³-hybridized carbons (Fsp3) is 0.111. The molecule has 2 aromatic heterocycles. The van der Waals surface area contributed by atoms with Crippen molar-refractivity contribution < 1.29 is 0 Å². The summed E-state index contributed by atoms with van der Waals surface area (Å²) in [4.78, 5) is 0. The predicted molar refractivity (Wildman–Crippen MR) is 76.4 cm³/mol. The van der Waals surface area contributed by atoms with Crippen molar-refractivity contribution in [1.82, 2.24) is 0 Å². The number of halogens is 5. The number of hydrogen-bond acceptors (Lipinski definition) is 2. The maximum absolute atomic E-state index is 6.30. The first-order valence-corrected chi connectivity index (χ1v) is 7.60. The topological polar surface area (TPSA) is 0 Å². The van der Waals surface area contributed by atoms with Crippen LogP contribution in [0.3, 0.4) is 0 Å². The summed E-state index contributed by atoms with van der Waals surface area (Å²) in [6, 6.07) is 3.49. The molecular weight excluding hydrogens is 349 g/mol. The van der Waals surface area contributed by atoms with Crippen molar-refractivity contribution in [3.05, 3.63) is 40.6 Å². The van der Waals surface area contributed by atoms with Crippen LogP contribution in [-0.2, 0) is 0 Å². The van der Waals surface area contributed by atoms with Gasteiger partial charge in [-0.3, -0.25) is 0 Å². The van der Waals surface area contributed by atoms with Gasteiger partial charge in [0.1, 0.15) is 0 Å². The van der Waals surface area contributed by atoms with Crippen LogP contribution in [0.5, 0.6) is 0 Å². The minimum absolute atomic E-state index is 0.424. The van der Waals surface area contributed by atoms with E-state index < -0.39 is 5.38 Å². The van der Waals surface area contributed by atoms with Crippen LogP contribution in [0, 0.1) is 0 Å². The maximum atomic E-state index is 6.30. The van der Waals surface area contributed by atoms with Gasteiger partial charge in [-0.15, -0.1) is 34.3 Å². The highest BCUT2D eigenvalue weighted by Crippen LogP contribution is 2.45. The summed E-state index contributed by atoms with van der Waals surface area (Å²) in [5.74, 6) is 0. The maximum Gasteiger partial charge on any atom is 0.0994 e. The fourth-order valence-corrected chi connectivity index (χ4v) is 4.87. The smallest absolute Gasteiger partial charge is 0.0994 e. The Morgan fingerprint density at radius 1 is 0.812 bits per heavy atom. The minimum Gasteiger partial charge on any atom is -0.112 e. The summed E-state index contributed by atoms with van der Waals surface area (Å²) < 4.78 is 2.35. The van der Waals surface area contributed by atoms with Crippen LogP contribution in [0.25, 0.3) is 0 Å². The fourth-order valence-electron chi connectivity index (χ4n) is 1.22. The van der Waals surface area contributed by atoms with E-state index in [2.05, 4.69) is 0 Å². The van der Waals surface area contributed by atoms with Gasteiger partial charge < -0.3 is 0 Å². The Labute approximate surface area is 126 Å². The molecule has 0 N–H and O–H groups in total. The van der Waals surface area contributed by atoms with E-state index in [9.17, 15) is 0 Å².